The predicted molar refractivity (Wildman–Crippen MR) is 76.9 cm³/mol. The van der Waals surface area contributed by atoms with Crippen molar-refractivity contribution in [3.05, 3.63) is 23.8 Å². The van der Waals surface area contributed by atoms with E-state index in [9.17, 15) is 25.5 Å². The van der Waals surface area contributed by atoms with Crippen LogP contribution in [0.3, 0.4) is 0 Å². The Labute approximate surface area is 132 Å². The van der Waals surface area contributed by atoms with Crippen molar-refractivity contribution in [3.8, 4) is 0 Å². The first kappa shape index (κ1) is 18.5. The zero-order chi connectivity index (χ0) is 17.1. The van der Waals surface area contributed by atoms with Crippen LogP contribution >= 0.6 is 0 Å². The maximum atomic E-state index is 10.1. The second-order valence-corrected chi connectivity index (χ2v) is 5.53. The lowest BCUT2D eigenvalue weighted by atomic mass is 9.92. The highest BCUT2D eigenvalue weighted by atomic mass is 16.7. The molecule has 0 aromatic heterocycles. The van der Waals surface area contributed by atoms with E-state index in [0.717, 1.165) is 0 Å². The molecule has 0 saturated carbocycles. The SMILES string of the molecule is NCC=C1C=C[C@H](O)[C@H](O)[C@H]1O[C@@H]1O[C@H](CO)[C@@H](O)[C@H](O)[C@H]1O. The largest absolute Gasteiger partial charge is 0.394 e. The maximum Gasteiger partial charge on any atom is 0.187 e. The summed E-state index contributed by atoms with van der Waals surface area (Å²) in [7, 11) is 0. The van der Waals surface area contributed by atoms with Crippen LogP contribution in [0, 0.1) is 0 Å². The fourth-order valence-corrected chi connectivity index (χ4v) is 2.60. The van der Waals surface area contributed by atoms with E-state index in [-0.39, 0.29) is 6.54 Å². The van der Waals surface area contributed by atoms with Crippen molar-refractivity contribution in [1.29, 1.82) is 0 Å². The van der Waals surface area contributed by atoms with Crippen LogP contribution in [0.2, 0.25) is 0 Å². The summed E-state index contributed by atoms with van der Waals surface area (Å²) < 4.78 is 10.7. The van der Waals surface area contributed by atoms with E-state index in [1.165, 1.54) is 12.2 Å². The van der Waals surface area contributed by atoms with Crippen molar-refractivity contribution in [1.82, 2.24) is 0 Å². The molecule has 8 atom stereocenters. The highest BCUT2D eigenvalue weighted by Gasteiger charge is 2.46. The number of nitrogens with two attached hydrogens (primary N) is 1. The van der Waals surface area contributed by atoms with E-state index in [4.69, 9.17) is 20.3 Å². The quantitative estimate of drug-likeness (QED) is 0.274. The molecule has 0 unspecified atom stereocenters. The lowest BCUT2D eigenvalue weighted by Crippen LogP contribution is -2.60. The third-order valence-electron chi connectivity index (χ3n) is 3.96. The van der Waals surface area contributed by atoms with Crippen molar-refractivity contribution < 1.29 is 40.1 Å². The minimum atomic E-state index is -1.60. The van der Waals surface area contributed by atoms with E-state index in [1.54, 1.807) is 6.08 Å². The van der Waals surface area contributed by atoms with Crippen molar-refractivity contribution >= 4 is 0 Å². The number of hydrogen-bond donors (Lipinski definition) is 7. The normalized spacial score (nSPS) is 46.3. The standard InChI is InChI=1S/C14H23NO8/c15-4-3-6-1-2-7(17)9(18)13(6)23-14-12(21)11(20)10(19)8(5-16)22-14/h1-3,7-14,16-21H,4-5,15H2/t7-,8+,9-,10+,11-,12+,13-,14-/m0/s1. The van der Waals surface area contributed by atoms with E-state index < -0.39 is 55.6 Å². The minimum absolute atomic E-state index is 0.164. The van der Waals surface area contributed by atoms with Gasteiger partial charge in [-0.1, -0.05) is 18.2 Å². The predicted octanol–water partition coefficient (Wildman–Crippen LogP) is -3.65. The summed E-state index contributed by atoms with van der Waals surface area (Å²) in [6.45, 7) is -0.427. The van der Waals surface area contributed by atoms with Gasteiger partial charge in [0.05, 0.1) is 6.61 Å². The molecule has 2 aliphatic rings. The molecule has 23 heavy (non-hydrogen) atoms. The maximum absolute atomic E-state index is 10.1. The van der Waals surface area contributed by atoms with Gasteiger partial charge in [0.2, 0.25) is 0 Å². The molecule has 2 rings (SSSR count). The summed E-state index contributed by atoms with van der Waals surface area (Å²) in [6, 6.07) is 0. The monoisotopic (exact) mass is 333 g/mol. The lowest BCUT2D eigenvalue weighted by Gasteiger charge is -2.42. The molecule has 132 valence electrons. The highest BCUT2D eigenvalue weighted by molar-refractivity contribution is 5.30. The molecule has 1 saturated heterocycles. The number of aliphatic hydroxyl groups is 6. The number of rotatable bonds is 4. The molecule has 1 aliphatic heterocycles. The number of aliphatic hydroxyl groups excluding tert-OH is 6. The van der Waals surface area contributed by atoms with Gasteiger partial charge in [0.1, 0.15) is 42.7 Å². The lowest BCUT2D eigenvalue weighted by molar-refractivity contribution is -0.314. The van der Waals surface area contributed by atoms with Gasteiger partial charge in [-0.15, -0.1) is 0 Å². The van der Waals surface area contributed by atoms with Crippen molar-refractivity contribution in [3.63, 3.8) is 0 Å². The molecule has 0 amide bonds. The van der Waals surface area contributed by atoms with Crippen LogP contribution < -0.4 is 5.73 Å². The zero-order valence-corrected chi connectivity index (χ0v) is 12.3. The first-order valence-electron chi connectivity index (χ1n) is 7.31. The summed E-state index contributed by atoms with van der Waals surface area (Å²) >= 11 is 0. The molecule has 1 heterocycles. The second-order valence-electron chi connectivity index (χ2n) is 5.53. The molecule has 1 aliphatic carbocycles. The first-order valence-corrected chi connectivity index (χ1v) is 7.31. The van der Waals surface area contributed by atoms with Crippen molar-refractivity contribution in [2.45, 2.75) is 49.0 Å². The molecule has 0 bridgehead atoms. The van der Waals surface area contributed by atoms with Crippen LogP contribution in [0.4, 0.5) is 0 Å². The molecule has 1 fully saturated rings. The van der Waals surface area contributed by atoms with Gasteiger partial charge in [-0.25, -0.2) is 0 Å². The molecule has 0 radical (unpaired) electrons. The van der Waals surface area contributed by atoms with Gasteiger partial charge in [-0.2, -0.15) is 0 Å². The first-order chi connectivity index (χ1) is 10.9. The van der Waals surface area contributed by atoms with Crippen LogP contribution in [-0.2, 0) is 9.47 Å². The molecule has 9 nitrogen and oxygen atoms in total. The van der Waals surface area contributed by atoms with Crippen LogP contribution in [0.1, 0.15) is 0 Å². The summed E-state index contributed by atoms with van der Waals surface area (Å²) in [5.41, 5.74) is 5.92. The minimum Gasteiger partial charge on any atom is -0.394 e. The van der Waals surface area contributed by atoms with Gasteiger partial charge in [-0.05, 0) is 5.57 Å². The van der Waals surface area contributed by atoms with Gasteiger partial charge in [-0.3, -0.25) is 0 Å². The summed E-state index contributed by atoms with van der Waals surface area (Å²) in [4.78, 5) is 0. The Balaban J connectivity index is 2.18. The van der Waals surface area contributed by atoms with Crippen LogP contribution in [0.5, 0.6) is 0 Å². The molecular formula is C14H23NO8. The third kappa shape index (κ3) is 3.79. The smallest absolute Gasteiger partial charge is 0.187 e. The van der Waals surface area contributed by atoms with Crippen molar-refractivity contribution in [2.75, 3.05) is 13.2 Å². The second kappa shape index (κ2) is 7.79. The molecule has 9 heteroatoms. The fourth-order valence-electron chi connectivity index (χ4n) is 2.60. The molecular weight excluding hydrogens is 310 g/mol. The van der Waals surface area contributed by atoms with Gasteiger partial charge in [0.15, 0.2) is 6.29 Å². The van der Waals surface area contributed by atoms with Gasteiger partial charge < -0.3 is 45.8 Å². The number of hydrogen-bond acceptors (Lipinski definition) is 9. The Morgan fingerprint density at radius 2 is 1.78 bits per heavy atom. The summed E-state index contributed by atoms with van der Waals surface area (Å²) in [5, 5.41) is 58.4. The Kier molecular flexibility index (Phi) is 6.26. The molecule has 8 N–H and O–H groups in total. The van der Waals surface area contributed by atoms with Crippen molar-refractivity contribution in [2.24, 2.45) is 5.73 Å². The summed E-state index contributed by atoms with van der Waals surface area (Å²) in [6.07, 6.45) is -6.32. The van der Waals surface area contributed by atoms with Gasteiger partial charge >= 0.3 is 0 Å². The van der Waals surface area contributed by atoms with E-state index >= 15 is 0 Å². The van der Waals surface area contributed by atoms with Crippen LogP contribution in [-0.4, -0.2) is 92.8 Å². The molecule has 0 spiro atoms. The van der Waals surface area contributed by atoms with Crippen LogP contribution in [0.15, 0.2) is 23.8 Å². The molecule has 0 aromatic carbocycles. The Bertz CT molecular complexity index is 454. The average Bonchev–Trinajstić information content (AvgIpc) is 2.54. The van der Waals surface area contributed by atoms with Gasteiger partial charge in [0.25, 0.3) is 0 Å². The Morgan fingerprint density at radius 3 is 2.39 bits per heavy atom. The van der Waals surface area contributed by atoms with E-state index in [0.29, 0.717) is 5.57 Å². The van der Waals surface area contributed by atoms with Gasteiger partial charge in [0, 0.05) is 6.54 Å². The Morgan fingerprint density at radius 1 is 1.09 bits per heavy atom. The fraction of sp³-hybridized carbons (Fsp3) is 0.714. The van der Waals surface area contributed by atoms with E-state index in [2.05, 4.69) is 0 Å². The summed E-state index contributed by atoms with van der Waals surface area (Å²) in [5.74, 6) is 0. The number of ether oxygens (including phenoxy) is 2. The molecule has 0 aromatic rings. The van der Waals surface area contributed by atoms with E-state index in [1.807, 2.05) is 0 Å². The zero-order valence-electron chi connectivity index (χ0n) is 12.3. The van der Waals surface area contributed by atoms with Crippen LogP contribution in [0.25, 0.3) is 0 Å². The highest BCUT2D eigenvalue weighted by Crippen LogP contribution is 2.28. The average molecular weight is 333 g/mol. The third-order valence-corrected chi connectivity index (χ3v) is 3.96. The topological polar surface area (TPSA) is 166 Å². The Hall–Kier alpha value is -0.880.